The first kappa shape index (κ1) is 119. The molecule has 0 aromatic heterocycles. The van der Waals surface area contributed by atoms with Gasteiger partial charge >= 0.3 is 6.03 Å². The Bertz CT molecular complexity index is 5380. The Morgan fingerprint density at radius 2 is 0.644 bits per heavy atom. The smallest absolute Gasteiger partial charge is 0.312 e. The Morgan fingerprint density at radius 1 is 0.336 bits per heavy atom. The zero-order valence-electron chi connectivity index (χ0n) is 82.8. The average molecular weight is 2120 g/mol. The molecule has 4 heterocycles. The van der Waals surface area contributed by atoms with E-state index in [-0.39, 0.29) is 199 Å². The first-order valence-corrected chi connectivity index (χ1v) is 50.8. The molecule has 4 aromatic carbocycles. The third kappa shape index (κ3) is 39.1. The fourth-order valence-electron chi connectivity index (χ4n) is 17.6. The minimum absolute atomic E-state index is 0.000649. The van der Waals surface area contributed by atoms with Crippen LogP contribution in [0.3, 0.4) is 0 Å². The van der Waals surface area contributed by atoms with Gasteiger partial charge in [-0.1, -0.05) is 66.7 Å². The summed E-state index contributed by atoms with van der Waals surface area (Å²) in [5.41, 5.74) is 40.7. The number of aromatic hydroxyl groups is 2. The van der Waals surface area contributed by atoms with Crippen LogP contribution in [0.15, 0.2) is 91.0 Å². The second kappa shape index (κ2) is 60.7. The van der Waals surface area contributed by atoms with Crippen LogP contribution in [0.2, 0.25) is 0 Å². The van der Waals surface area contributed by atoms with Gasteiger partial charge in [0.05, 0.1) is 6.54 Å². The van der Waals surface area contributed by atoms with Crippen LogP contribution in [-0.2, 0) is 101 Å². The molecule has 19 amide bonds. The molecule has 4 aliphatic heterocycles. The number of urea groups is 1. The zero-order valence-corrected chi connectivity index (χ0v) is 84.6. The number of nitrogens with two attached hydrogens (primary N) is 7. The lowest BCUT2D eigenvalue weighted by atomic mass is 10.00. The van der Waals surface area contributed by atoms with Gasteiger partial charge in [-0.2, -0.15) is 25.3 Å². The van der Waals surface area contributed by atoms with Gasteiger partial charge in [0.15, 0.2) is 23.8 Å². The summed E-state index contributed by atoms with van der Waals surface area (Å²) >= 11 is 8.86. The van der Waals surface area contributed by atoms with E-state index in [4.69, 9.17) is 61.8 Å². The number of phenols is 2. The fourth-order valence-corrected chi connectivity index (χ4v) is 18.1. The van der Waals surface area contributed by atoms with Crippen molar-refractivity contribution in [3.8, 4) is 11.5 Å². The maximum Gasteiger partial charge on any atom is 0.312 e. The fraction of sp³-hybridized carbons (Fsp3) is 0.537. The molecule has 0 aliphatic carbocycles. The molecular formula is C95H142N32O20S2. The highest BCUT2D eigenvalue weighted by molar-refractivity contribution is 7.80. The SMILES string of the molecule is N=C(N)NCCC[C@@H]1NC(=O)[C@H](CS)NC(=O)[C@H](CCCNC(N)=O)NC(=O)[C@H](CCCNC(=N)N)NC(=O)[C@H](Cc2ccc(O)cc2)NC(=O)[C@@H]2CCCN2C(=O)[C@H]2CCCN2C(=O)[C@H](CCCCN)NC(=O)[C@H](CCC(N)=O)NC(=O)[C@H](Cc2ccc(O)cc2)NC(=O)[C@H](CS)NC(=O)[C@H](Cc2ccc3ccccc3c2)NC(=O)[C@H](CCCNC(=N)N)NC(=O)[C@H](CCCNC(=N)N)NC(=O)[C@H]2CCCN2C(=O)CNC1=O. The van der Waals surface area contributed by atoms with Crippen molar-refractivity contribution in [3.05, 3.63) is 108 Å². The van der Waals surface area contributed by atoms with Crippen molar-refractivity contribution in [3.63, 3.8) is 0 Å². The molecule has 0 unspecified atom stereocenters. The number of hydrogen-bond acceptors (Lipinski definition) is 27. The normalized spacial score (nSPS) is 23.7. The lowest BCUT2D eigenvalue weighted by molar-refractivity contribution is -0.148. The van der Waals surface area contributed by atoms with Crippen LogP contribution in [0.25, 0.3) is 10.8 Å². The van der Waals surface area contributed by atoms with Crippen molar-refractivity contribution >= 4 is 166 Å². The van der Waals surface area contributed by atoms with Crippen LogP contribution < -0.4 is 136 Å². The minimum atomic E-state index is -1.74. The van der Waals surface area contributed by atoms with E-state index in [1.54, 1.807) is 36.4 Å². The molecule has 54 heteroatoms. The number of carbonyl (C=O) groups excluding carboxylic acids is 18. The highest BCUT2D eigenvalue weighted by Gasteiger charge is 2.47. The molecule has 149 heavy (non-hydrogen) atoms. The van der Waals surface area contributed by atoms with E-state index in [2.05, 4.69) is 121 Å². The molecule has 0 saturated carbocycles. The van der Waals surface area contributed by atoms with Gasteiger partial charge in [-0.25, -0.2) is 4.79 Å². The Morgan fingerprint density at radius 3 is 1.04 bits per heavy atom. The molecule has 8 rings (SSSR count). The highest BCUT2D eigenvalue weighted by Crippen LogP contribution is 2.29. The first-order valence-electron chi connectivity index (χ1n) is 49.6. The number of guanidine groups is 4. The third-order valence-electron chi connectivity index (χ3n) is 25.4. The zero-order chi connectivity index (χ0) is 109. The Balaban J connectivity index is 1.20. The number of nitrogens with zero attached hydrogens (tertiary/aromatic N) is 3. The average Bonchev–Trinajstić information content (AvgIpc) is 1.65. The lowest BCUT2D eigenvalue weighted by Gasteiger charge is -2.34. The van der Waals surface area contributed by atoms with E-state index in [0.717, 1.165) is 10.3 Å². The van der Waals surface area contributed by atoms with Gasteiger partial charge in [0, 0.05) is 89.5 Å². The van der Waals surface area contributed by atoms with Gasteiger partial charge in [-0.15, -0.1) is 0 Å². The van der Waals surface area contributed by atoms with Gasteiger partial charge in [-0.3, -0.25) is 103 Å². The van der Waals surface area contributed by atoms with Gasteiger partial charge in [0.1, 0.15) is 102 Å². The highest BCUT2D eigenvalue weighted by atomic mass is 32.1. The van der Waals surface area contributed by atoms with Crippen LogP contribution in [0.5, 0.6) is 11.5 Å². The number of hydrogen-bond donors (Lipinski definition) is 33. The summed E-state index contributed by atoms with van der Waals surface area (Å²) in [5, 5.41) is 101. The summed E-state index contributed by atoms with van der Waals surface area (Å²) in [6.45, 7) is -1.17. The number of nitrogens with one attached hydrogen (secondary N) is 22. The summed E-state index contributed by atoms with van der Waals surface area (Å²) in [4.78, 5) is 269. The van der Waals surface area contributed by atoms with Gasteiger partial charge in [-0.05, 0) is 187 Å². The summed E-state index contributed by atoms with van der Waals surface area (Å²) in [6.07, 6.45) is -2.26. The molecule has 38 N–H and O–H groups in total. The third-order valence-corrected chi connectivity index (χ3v) is 26.2. The number of rotatable bonds is 35. The number of unbranched alkanes of at least 4 members (excludes halogenated alkanes) is 1. The Hall–Kier alpha value is -15.3. The summed E-state index contributed by atoms with van der Waals surface area (Å²) in [6, 6.07) is -0.999. The molecule has 4 aliphatic rings. The quantitative estimate of drug-likeness (QED) is 0.00881. The van der Waals surface area contributed by atoms with Gasteiger partial charge in [0.2, 0.25) is 100 Å². The maximum absolute atomic E-state index is 15.4. The van der Waals surface area contributed by atoms with Crippen molar-refractivity contribution < 1.29 is 96.5 Å². The monoisotopic (exact) mass is 2120 g/mol. The molecule has 4 fully saturated rings. The summed E-state index contributed by atoms with van der Waals surface area (Å²) in [7, 11) is 0. The van der Waals surface area contributed by atoms with Gasteiger partial charge in [0.25, 0.3) is 0 Å². The van der Waals surface area contributed by atoms with Crippen LogP contribution >= 0.6 is 25.3 Å². The molecule has 0 radical (unpaired) electrons. The van der Waals surface area contributed by atoms with E-state index >= 15 is 52.7 Å². The second-order valence-electron chi connectivity index (χ2n) is 36.7. The number of thiol groups is 2. The van der Waals surface area contributed by atoms with Crippen LogP contribution in [0, 0.1) is 21.6 Å². The number of phenolic OH excluding ortho intramolecular Hbond substituents is 2. The predicted octanol–water partition coefficient (Wildman–Crippen LogP) is -7.05. The minimum Gasteiger partial charge on any atom is -0.508 e. The summed E-state index contributed by atoms with van der Waals surface area (Å²) < 4.78 is 0. The van der Waals surface area contributed by atoms with Crippen molar-refractivity contribution in [2.24, 2.45) is 40.1 Å². The second-order valence-corrected chi connectivity index (χ2v) is 37.5. The standard InChI is InChI=1S/C95H142N32O20S2/c96-36-4-3-15-65-89(145)127-44-12-23-73(127)90(146)126-43-11-22-72(126)88(144)122-67(47-53-27-32-58(129)33-28-53)83(139)116-60(17-6-38-108-92(100)101)77(133)115-62(20-9-41-111-95(106)147)80(136)123-69(50-148)85(141)113-59(16-5-37-107-91(98)99)76(132)112-49-75(131)125-42-10-21-71(125)87(143)118-63(19-8-40-110-94(104)105)78(134)114-61(18-7-39-109-93(102)103)79(135)120-68(48-54-24-29-55-13-1-2-14-56(55)45-54)84(140)124-70(51-149)86(142)121-66(46-52-25-30-57(128)31-26-52)82(138)117-64(81(137)119-65)34-35-74(97)130/h1-2,13-14,24-33,45,59-73,128-129,148-149H,3-12,15-23,34-44,46-51,96H2,(H2,97,130)(H,112,132)(H,113,141)(H,114,134)(H,115,133)(H,116,139)(H,117,138)(H,118,143)(H,119,137)(H,120,135)(H,121,142)(H,122,144)(H,123,136)(H,124,140)(H4,98,99,107)(H4,100,101,108)(H4,102,103,109)(H4,104,105,110)(H3,106,111,147)/t59-,60-,61-,62-,63-,64-,65-,66-,67-,68-,69-,70-,71+,72-,73+/m0/s1. The molecule has 4 saturated heterocycles. The molecule has 814 valence electrons. The van der Waals surface area contributed by atoms with Gasteiger partial charge < -0.3 is 161 Å². The van der Waals surface area contributed by atoms with E-state index in [1.807, 2.05) is 6.07 Å². The van der Waals surface area contributed by atoms with Crippen molar-refractivity contribution in [2.75, 3.05) is 77.0 Å². The molecule has 4 aromatic rings. The molecule has 15 atom stereocenters. The van der Waals surface area contributed by atoms with Crippen LogP contribution in [0.1, 0.15) is 152 Å². The largest absolute Gasteiger partial charge is 0.508 e. The number of benzene rings is 4. The Labute approximate surface area is 871 Å². The molecular weight excluding hydrogens is 1970 g/mol. The number of amides is 19. The number of carbonyl (C=O) groups is 18. The number of fused-ring (bicyclic) bond motifs is 4. The molecule has 0 spiro atoms. The van der Waals surface area contributed by atoms with Crippen molar-refractivity contribution in [1.82, 2.24) is 110 Å². The topological polar surface area (TPSA) is 852 Å². The maximum atomic E-state index is 15.4. The van der Waals surface area contributed by atoms with Crippen LogP contribution in [-0.4, -0.2) is 323 Å². The van der Waals surface area contributed by atoms with Crippen molar-refractivity contribution in [2.45, 2.75) is 245 Å². The lowest BCUT2D eigenvalue weighted by Crippen LogP contribution is -2.61. The Kier molecular flexibility index (Phi) is 48.5. The first-order chi connectivity index (χ1) is 71.1. The number of primary amides is 2. The molecule has 0 bridgehead atoms. The van der Waals surface area contributed by atoms with E-state index in [9.17, 15) is 43.8 Å². The molecule has 52 nitrogen and oxygen atoms in total. The summed E-state index contributed by atoms with van der Waals surface area (Å²) in [5.74, 6) is -19.4. The predicted molar refractivity (Wildman–Crippen MR) is 554 cm³/mol. The van der Waals surface area contributed by atoms with E-state index < -0.39 is 258 Å². The van der Waals surface area contributed by atoms with Crippen molar-refractivity contribution in [1.29, 1.82) is 21.6 Å². The van der Waals surface area contributed by atoms with E-state index in [1.165, 1.54) is 58.3 Å². The van der Waals surface area contributed by atoms with Crippen LogP contribution in [0.4, 0.5) is 4.79 Å². The van der Waals surface area contributed by atoms with E-state index in [0.29, 0.717) is 28.5 Å².